The van der Waals surface area contributed by atoms with Crippen molar-refractivity contribution in [2.75, 3.05) is 27.3 Å². The van der Waals surface area contributed by atoms with Crippen LogP contribution in [0.4, 0.5) is 0 Å². The Balaban J connectivity index is 3.49. The molecule has 40 heavy (non-hydrogen) atoms. The summed E-state index contributed by atoms with van der Waals surface area (Å²) in [5, 5.41) is 43.9. The van der Waals surface area contributed by atoms with E-state index < -0.39 is 59.8 Å². The zero-order valence-electron chi connectivity index (χ0n) is 26.8. The van der Waals surface area contributed by atoms with Crippen LogP contribution >= 0.6 is 0 Å². The van der Waals surface area contributed by atoms with Crippen molar-refractivity contribution in [1.82, 2.24) is 4.90 Å². The zero-order valence-corrected chi connectivity index (χ0v) is 26.8. The lowest BCUT2D eigenvalue weighted by Crippen LogP contribution is -2.59. The van der Waals surface area contributed by atoms with E-state index in [0.29, 0.717) is 32.2 Å². The molecule has 1 fully saturated rings. The summed E-state index contributed by atoms with van der Waals surface area (Å²) >= 11 is 0. The number of rotatable bonds is 9. The number of cyclic esters (lactones) is 1. The van der Waals surface area contributed by atoms with Gasteiger partial charge in [-0.1, -0.05) is 20.8 Å². The van der Waals surface area contributed by atoms with Gasteiger partial charge in [0.15, 0.2) is 6.29 Å². The third-order valence-corrected chi connectivity index (χ3v) is 8.37. The van der Waals surface area contributed by atoms with E-state index in [4.69, 9.17) is 18.9 Å². The van der Waals surface area contributed by atoms with Gasteiger partial charge in [0.1, 0.15) is 17.8 Å². The van der Waals surface area contributed by atoms with E-state index in [1.807, 2.05) is 32.7 Å². The maximum absolute atomic E-state index is 13.6. The lowest BCUT2D eigenvalue weighted by Gasteiger charge is -2.42. The van der Waals surface area contributed by atoms with E-state index in [1.54, 1.807) is 34.8 Å². The molecule has 10 nitrogen and oxygen atoms in total. The van der Waals surface area contributed by atoms with Crippen LogP contribution in [0, 0.1) is 17.8 Å². The molecular weight excluding hydrogens is 518 g/mol. The minimum atomic E-state index is -1.70. The number of carbonyl (C=O) groups excluding carboxylic acids is 1. The summed E-state index contributed by atoms with van der Waals surface area (Å²) in [6.07, 6.45) is -3.03. The molecule has 1 aliphatic heterocycles. The maximum Gasteiger partial charge on any atom is 0.311 e. The summed E-state index contributed by atoms with van der Waals surface area (Å²) in [5.41, 5.74) is -2.76. The Labute approximate surface area is 242 Å². The Bertz CT molecular complexity index is 747. The Morgan fingerprint density at radius 2 is 1.73 bits per heavy atom. The first-order valence-electron chi connectivity index (χ1n) is 14.9. The van der Waals surface area contributed by atoms with Crippen LogP contribution in [0.25, 0.3) is 0 Å². The fourth-order valence-electron chi connectivity index (χ4n) is 5.98. The maximum atomic E-state index is 13.6. The number of carbonyl (C=O) groups is 1. The van der Waals surface area contributed by atoms with Crippen molar-refractivity contribution in [3.8, 4) is 0 Å². The molecule has 0 amide bonds. The second-order valence-electron chi connectivity index (χ2n) is 13.0. The van der Waals surface area contributed by atoms with Gasteiger partial charge in [-0.25, -0.2) is 0 Å². The van der Waals surface area contributed by atoms with E-state index in [1.165, 1.54) is 6.92 Å². The summed E-state index contributed by atoms with van der Waals surface area (Å²) in [7, 11) is 3.47. The first-order chi connectivity index (χ1) is 18.4. The quantitative estimate of drug-likeness (QED) is 0.239. The molecule has 1 heterocycles. The van der Waals surface area contributed by atoms with Crippen LogP contribution in [-0.4, -0.2) is 113 Å². The third-order valence-electron chi connectivity index (χ3n) is 8.37. The van der Waals surface area contributed by atoms with E-state index >= 15 is 0 Å². The molecule has 0 aromatic carbocycles. The second-order valence-corrected chi connectivity index (χ2v) is 13.0. The van der Waals surface area contributed by atoms with Crippen molar-refractivity contribution < 1.29 is 44.2 Å². The highest BCUT2D eigenvalue weighted by molar-refractivity contribution is 5.73. The first-order valence-corrected chi connectivity index (χ1v) is 14.9. The first kappa shape index (κ1) is 37.2. The lowest BCUT2D eigenvalue weighted by atomic mass is 9.80. The average Bonchev–Trinajstić information content (AvgIpc) is 2.85. The third kappa shape index (κ3) is 11.1. The normalized spacial score (nSPS) is 40.0. The number of nitrogens with zero attached hydrogens (tertiary/aromatic N) is 1. The van der Waals surface area contributed by atoms with Gasteiger partial charge in [-0.2, -0.15) is 0 Å². The summed E-state index contributed by atoms with van der Waals surface area (Å²) in [4.78, 5) is 15.5. The monoisotopic (exact) mass is 577 g/mol. The summed E-state index contributed by atoms with van der Waals surface area (Å²) in [6.45, 7) is 16.8. The average molecular weight is 578 g/mol. The second kappa shape index (κ2) is 16.1. The summed E-state index contributed by atoms with van der Waals surface area (Å²) in [5.74, 6) is -1.56. The Kier molecular flexibility index (Phi) is 15.0. The molecule has 0 radical (unpaired) electrons. The van der Waals surface area contributed by atoms with Gasteiger partial charge in [0, 0.05) is 26.1 Å². The number of methoxy groups -OCH3 is 1. The van der Waals surface area contributed by atoms with Gasteiger partial charge in [-0.3, -0.25) is 4.79 Å². The van der Waals surface area contributed by atoms with Crippen molar-refractivity contribution in [1.29, 1.82) is 0 Å². The van der Waals surface area contributed by atoms with Crippen LogP contribution in [0.1, 0.15) is 88.0 Å². The van der Waals surface area contributed by atoms with Crippen molar-refractivity contribution in [2.24, 2.45) is 17.8 Å². The molecule has 4 N–H and O–H groups in total. The van der Waals surface area contributed by atoms with Crippen LogP contribution in [0.15, 0.2) is 0 Å². The molecule has 0 aromatic heterocycles. The van der Waals surface area contributed by atoms with Crippen LogP contribution in [0.3, 0.4) is 0 Å². The lowest BCUT2D eigenvalue weighted by molar-refractivity contribution is -0.223. The SMILES string of the molecule is CCC1OC(=O)C(C)C(OC(CC(C)OC)OC[C@@H](C)O)C(C)CC(C)(O)CC(C)CN(C)C(C)C(O)C1(C)O. The molecule has 1 aliphatic rings. The van der Waals surface area contributed by atoms with Gasteiger partial charge in [-0.15, -0.1) is 0 Å². The molecule has 0 bridgehead atoms. The highest BCUT2D eigenvalue weighted by Crippen LogP contribution is 2.34. The smallest absolute Gasteiger partial charge is 0.311 e. The molecule has 1 saturated heterocycles. The summed E-state index contributed by atoms with van der Waals surface area (Å²) in [6, 6.07) is -0.428. The molecule has 0 saturated carbocycles. The Morgan fingerprint density at radius 1 is 1.12 bits per heavy atom. The summed E-state index contributed by atoms with van der Waals surface area (Å²) < 4.78 is 23.6. The van der Waals surface area contributed by atoms with Crippen LogP contribution in [0.2, 0.25) is 0 Å². The van der Waals surface area contributed by atoms with Crippen molar-refractivity contribution in [3.63, 3.8) is 0 Å². The van der Waals surface area contributed by atoms with Crippen molar-refractivity contribution in [3.05, 3.63) is 0 Å². The Morgan fingerprint density at radius 3 is 2.25 bits per heavy atom. The number of aliphatic hydroxyl groups is 4. The highest BCUT2D eigenvalue weighted by atomic mass is 16.7. The number of hydrogen-bond donors (Lipinski definition) is 4. The van der Waals surface area contributed by atoms with E-state index in [9.17, 15) is 25.2 Å². The van der Waals surface area contributed by atoms with Crippen molar-refractivity contribution in [2.45, 2.75) is 142 Å². The van der Waals surface area contributed by atoms with Gasteiger partial charge in [0.05, 0.1) is 36.4 Å². The van der Waals surface area contributed by atoms with Gasteiger partial charge in [-0.05, 0) is 79.7 Å². The number of likely N-dealkylation sites (N-methyl/N-ethyl adjacent to an activating group) is 1. The van der Waals surface area contributed by atoms with Gasteiger partial charge in [0.25, 0.3) is 0 Å². The highest BCUT2D eigenvalue weighted by Gasteiger charge is 2.46. The van der Waals surface area contributed by atoms with Gasteiger partial charge >= 0.3 is 5.97 Å². The predicted molar refractivity (Wildman–Crippen MR) is 154 cm³/mol. The minimum Gasteiger partial charge on any atom is -0.459 e. The largest absolute Gasteiger partial charge is 0.459 e. The molecule has 0 spiro atoms. The molecule has 1 rings (SSSR count). The van der Waals surface area contributed by atoms with E-state index in [0.717, 1.165) is 0 Å². The zero-order chi connectivity index (χ0) is 31.0. The van der Waals surface area contributed by atoms with Gasteiger partial charge in [0.2, 0.25) is 0 Å². The van der Waals surface area contributed by atoms with E-state index in [-0.39, 0.29) is 24.5 Å². The molecule has 0 aromatic rings. The van der Waals surface area contributed by atoms with Gasteiger partial charge < -0.3 is 44.3 Å². The van der Waals surface area contributed by atoms with Crippen LogP contribution in [-0.2, 0) is 23.7 Å². The number of esters is 1. The fraction of sp³-hybridized carbons (Fsp3) is 0.967. The molecular formula is C30H59NO9. The number of aliphatic hydroxyl groups excluding tert-OH is 2. The fourth-order valence-corrected chi connectivity index (χ4v) is 5.98. The molecule has 12 atom stereocenters. The number of hydrogen-bond acceptors (Lipinski definition) is 10. The van der Waals surface area contributed by atoms with Crippen LogP contribution in [0.5, 0.6) is 0 Å². The predicted octanol–water partition coefficient (Wildman–Crippen LogP) is 2.73. The molecule has 238 valence electrons. The standard InChI is InChI=1S/C30H59NO9/c1-12-24-30(9,36)27(33)23(7)31(10)16-18(2)14-29(8,35)15-19(3)26(22(6)28(34)39-24)40-25(13-21(5)37-11)38-17-20(4)32/h18-27,32-33,35-36H,12-17H2,1-11H3/t18?,19?,20-,21?,22?,23?,24?,25?,26?,27?,29?,30?/m1/s1. The Hall–Kier alpha value is -0.850. The minimum absolute atomic E-state index is 0.0423. The molecule has 11 unspecified atom stereocenters. The number of ether oxygens (including phenoxy) is 4. The van der Waals surface area contributed by atoms with Crippen molar-refractivity contribution >= 4 is 5.97 Å². The molecule has 0 aliphatic carbocycles. The van der Waals surface area contributed by atoms with E-state index in [2.05, 4.69) is 6.92 Å². The topological polar surface area (TPSA) is 138 Å². The van der Waals surface area contributed by atoms with Crippen LogP contribution < -0.4 is 0 Å². The molecule has 10 heteroatoms.